The van der Waals surface area contributed by atoms with E-state index < -0.39 is 50.0 Å². The van der Waals surface area contributed by atoms with Gasteiger partial charge in [-0.3, -0.25) is 19.0 Å². The summed E-state index contributed by atoms with van der Waals surface area (Å²) in [6.45, 7) is 3.61. The number of unbranched alkanes of at least 4 members (excludes halogenated alkanes) is 2. The van der Waals surface area contributed by atoms with Crippen LogP contribution in [0.1, 0.15) is 79.4 Å². The lowest BCUT2D eigenvalue weighted by Gasteiger charge is -2.14. The molecule has 282 valence electrons. The van der Waals surface area contributed by atoms with E-state index in [2.05, 4.69) is 33.9 Å². The number of aliphatic hydroxyl groups is 1. The number of hydrogen-bond donors (Lipinski definition) is 6. The minimum Gasteiger partial charge on any atom is -0.478 e. The quantitative estimate of drug-likeness (QED) is 0.0613. The minimum absolute atomic E-state index is 0.0306. The number of carbonyl (C=O) groups excluding carboxylic acids is 2. The molecule has 53 heavy (non-hydrogen) atoms. The molecule has 0 aromatic heterocycles. The lowest BCUT2D eigenvalue weighted by molar-refractivity contribution is -0.121. The SMILES string of the molecule is CCCCc1ccc(S(=O)(=O)Nc2ccc(NC(=O)CCC(=O)Nc3ccc(NS(=O)(=O)c4ccc(CCCC)cc4)c(C(=O)O)c3)cc2CO)cc1. The summed E-state index contributed by atoms with van der Waals surface area (Å²) >= 11 is 0. The van der Waals surface area contributed by atoms with Gasteiger partial charge in [0.25, 0.3) is 20.0 Å². The van der Waals surface area contributed by atoms with Crippen molar-refractivity contribution >= 4 is 60.6 Å². The monoisotopic (exact) mass is 764 g/mol. The highest BCUT2D eigenvalue weighted by molar-refractivity contribution is 7.93. The first-order valence-electron chi connectivity index (χ1n) is 17.2. The number of carbonyl (C=O) groups is 3. The highest BCUT2D eigenvalue weighted by Gasteiger charge is 2.21. The fourth-order valence-corrected chi connectivity index (χ4v) is 7.48. The van der Waals surface area contributed by atoms with E-state index in [4.69, 9.17) is 0 Å². The van der Waals surface area contributed by atoms with Crippen LogP contribution in [0.3, 0.4) is 0 Å². The Morgan fingerprint density at radius 1 is 0.604 bits per heavy atom. The molecule has 0 spiro atoms. The van der Waals surface area contributed by atoms with E-state index in [-0.39, 0.29) is 50.9 Å². The molecule has 0 atom stereocenters. The maximum absolute atomic E-state index is 13.0. The molecule has 0 saturated heterocycles. The van der Waals surface area contributed by atoms with Crippen LogP contribution in [0.5, 0.6) is 0 Å². The second kappa shape index (κ2) is 18.5. The first kappa shape index (κ1) is 40.5. The van der Waals surface area contributed by atoms with Crippen molar-refractivity contribution in [2.45, 2.75) is 81.6 Å². The largest absolute Gasteiger partial charge is 0.478 e. The number of aromatic carboxylic acids is 1. The summed E-state index contributed by atoms with van der Waals surface area (Å²) in [4.78, 5) is 37.4. The van der Waals surface area contributed by atoms with Crippen LogP contribution in [-0.2, 0) is 49.1 Å². The summed E-state index contributed by atoms with van der Waals surface area (Å²) in [5, 5.41) is 24.8. The third-order valence-electron chi connectivity index (χ3n) is 8.27. The normalized spacial score (nSPS) is 11.5. The smallest absolute Gasteiger partial charge is 0.337 e. The summed E-state index contributed by atoms with van der Waals surface area (Å²) in [7, 11) is -8.06. The average molecular weight is 765 g/mol. The predicted octanol–water partition coefficient (Wildman–Crippen LogP) is 6.52. The number of carboxylic acid groups (broad SMARTS) is 1. The molecule has 6 N–H and O–H groups in total. The van der Waals surface area contributed by atoms with E-state index in [9.17, 15) is 41.4 Å². The Morgan fingerprint density at radius 2 is 1.04 bits per heavy atom. The van der Waals surface area contributed by atoms with E-state index in [0.717, 1.165) is 55.7 Å². The Kier molecular flexibility index (Phi) is 14.1. The number of aliphatic hydroxyl groups excluding tert-OH is 1. The van der Waals surface area contributed by atoms with E-state index in [1.807, 2.05) is 0 Å². The van der Waals surface area contributed by atoms with Gasteiger partial charge in [0, 0.05) is 29.8 Å². The van der Waals surface area contributed by atoms with Gasteiger partial charge in [-0.15, -0.1) is 0 Å². The van der Waals surface area contributed by atoms with Crippen molar-refractivity contribution in [3.8, 4) is 0 Å². The molecule has 0 aliphatic heterocycles. The summed E-state index contributed by atoms with van der Waals surface area (Å²) in [6.07, 6.45) is 5.11. The summed E-state index contributed by atoms with van der Waals surface area (Å²) < 4.78 is 56.7. The maximum atomic E-state index is 13.0. The highest BCUT2D eigenvalue weighted by atomic mass is 32.2. The molecule has 0 bridgehead atoms. The molecule has 15 heteroatoms. The zero-order valence-corrected chi connectivity index (χ0v) is 31.1. The molecule has 0 heterocycles. The number of rotatable bonds is 19. The van der Waals surface area contributed by atoms with Crippen LogP contribution in [0.4, 0.5) is 22.7 Å². The van der Waals surface area contributed by atoms with Crippen molar-refractivity contribution in [2.75, 3.05) is 20.1 Å². The van der Waals surface area contributed by atoms with Gasteiger partial charge in [-0.1, -0.05) is 51.0 Å². The molecule has 2 amide bonds. The molecule has 0 aliphatic carbocycles. The van der Waals surface area contributed by atoms with Gasteiger partial charge in [0.1, 0.15) is 0 Å². The zero-order valence-electron chi connectivity index (χ0n) is 29.5. The zero-order chi connectivity index (χ0) is 38.6. The molecule has 0 unspecified atom stereocenters. The van der Waals surface area contributed by atoms with Crippen LogP contribution >= 0.6 is 0 Å². The molecule has 0 radical (unpaired) electrons. The predicted molar refractivity (Wildman–Crippen MR) is 204 cm³/mol. The second-order valence-electron chi connectivity index (χ2n) is 12.4. The van der Waals surface area contributed by atoms with Crippen molar-refractivity contribution < 1.29 is 41.4 Å². The number of sulfonamides is 2. The number of aryl methyl sites for hydroxylation is 2. The highest BCUT2D eigenvalue weighted by Crippen LogP contribution is 2.26. The number of benzene rings is 4. The Labute approximate surface area is 310 Å². The third-order valence-corrected chi connectivity index (χ3v) is 11.0. The Morgan fingerprint density at radius 3 is 1.47 bits per heavy atom. The molecular formula is C38H44N4O9S2. The van der Waals surface area contributed by atoms with Gasteiger partial charge in [-0.25, -0.2) is 21.6 Å². The van der Waals surface area contributed by atoms with Gasteiger partial charge in [0.05, 0.1) is 33.3 Å². The molecule has 4 aromatic rings. The van der Waals surface area contributed by atoms with E-state index in [1.54, 1.807) is 24.3 Å². The van der Waals surface area contributed by atoms with Gasteiger partial charge in [0.15, 0.2) is 0 Å². The summed E-state index contributed by atoms with van der Waals surface area (Å²) in [5.41, 5.74) is 2.12. The molecule has 4 aromatic carbocycles. The number of hydrogen-bond acceptors (Lipinski definition) is 8. The molecule has 0 aliphatic rings. The van der Waals surface area contributed by atoms with Crippen molar-refractivity contribution in [2.24, 2.45) is 0 Å². The first-order valence-corrected chi connectivity index (χ1v) is 20.2. The first-order chi connectivity index (χ1) is 25.2. The van der Waals surface area contributed by atoms with E-state index in [1.165, 1.54) is 54.6 Å². The van der Waals surface area contributed by atoms with Gasteiger partial charge in [0.2, 0.25) is 11.8 Å². The van der Waals surface area contributed by atoms with Gasteiger partial charge >= 0.3 is 5.97 Å². The topological polar surface area (TPSA) is 208 Å². The summed E-state index contributed by atoms with van der Waals surface area (Å²) in [5.74, 6) is -2.58. The molecule has 4 rings (SSSR count). The number of carboxylic acids is 1. The maximum Gasteiger partial charge on any atom is 0.337 e. The van der Waals surface area contributed by atoms with Crippen LogP contribution < -0.4 is 20.1 Å². The van der Waals surface area contributed by atoms with Crippen molar-refractivity contribution in [1.29, 1.82) is 0 Å². The fourth-order valence-electron chi connectivity index (χ4n) is 5.30. The second-order valence-corrected chi connectivity index (χ2v) is 15.8. The van der Waals surface area contributed by atoms with Crippen LogP contribution in [-0.4, -0.2) is 44.8 Å². The van der Waals surface area contributed by atoms with Crippen LogP contribution in [0.15, 0.2) is 94.7 Å². The van der Waals surface area contributed by atoms with Crippen molar-refractivity contribution in [3.63, 3.8) is 0 Å². The van der Waals surface area contributed by atoms with E-state index >= 15 is 0 Å². The lowest BCUT2D eigenvalue weighted by Crippen LogP contribution is -2.19. The number of nitrogens with one attached hydrogen (secondary N) is 4. The third kappa shape index (κ3) is 11.6. The van der Waals surface area contributed by atoms with E-state index in [0.29, 0.717) is 0 Å². The molecule has 0 saturated carbocycles. The Bertz CT molecular complexity index is 2140. The number of amides is 2. The van der Waals surface area contributed by atoms with Gasteiger partial charge in [-0.05, 0) is 97.5 Å². The van der Waals surface area contributed by atoms with Gasteiger partial charge < -0.3 is 20.8 Å². The van der Waals surface area contributed by atoms with Crippen LogP contribution in [0.25, 0.3) is 0 Å². The average Bonchev–Trinajstić information content (AvgIpc) is 3.13. The molecular weight excluding hydrogens is 721 g/mol. The number of anilines is 4. The Balaban J connectivity index is 1.33. The minimum atomic E-state index is -4.11. The van der Waals surface area contributed by atoms with Crippen molar-refractivity contribution in [1.82, 2.24) is 0 Å². The molecule has 0 fully saturated rings. The van der Waals surface area contributed by atoms with Gasteiger partial charge in [-0.2, -0.15) is 0 Å². The lowest BCUT2D eigenvalue weighted by atomic mass is 10.1. The fraction of sp³-hybridized carbons (Fsp3) is 0.289. The molecule has 13 nitrogen and oxygen atoms in total. The van der Waals surface area contributed by atoms with Crippen molar-refractivity contribution in [3.05, 3.63) is 107 Å². The van der Waals surface area contributed by atoms with Crippen LogP contribution in [0, 0.1) is 0 Å². The standard InChI is InChI=1S/C38H44N4O9S2/c1-3-5-7-26-9-15-31(16-10-26)52(48,49)41-34-19-13-29(23-28(34)25-43)39-36(44)21-22-37(45)40-30-14-20-35(33(24-30)38(46)47)42-53(50,51)32-17-11-27(12-18-32)8-6-4-2/h9-20,23-24,41-43H,3-8,21-22,25H2,1-2H3,(H,39,44)(H,40,45)(H,46,47). The Hall–Kier alpha value is -5.25. The van der Waals surface area contributed by atoms with Crippen LogP contribution in [0.2, 0.25) is 0 Å². The summed E-state index contributed by atoms with van der Waals surface area (Å²) in [6, 6.07) is 20.9.